The van der Waals surface area contributed by atoms with E-state index in [0.29, 0.717) is 29.8 Å². The molecule has 3 aliphatic rings. The Hall–Kier alpha value is -1.51. The number of hydrogen-bond donors (Lipinski definition) is 0. The SMILES string of the molecule is CC(C)N1c2ccccc2[C@H]2CN(C(=O)C3CC3)CC[C@H]21. The lowest BCUT2D eigenvalue weighted by Gasteiger charge is -2.40. The first kappa shape index (κ1) is 13.2. The maximum absolute atomic E-state index is 12.4. The van der Waals surface area contributed by atoms with Gasteiger partial charge in [0.25, 0.3) is 0 Å². The van der Waals surface area contributed by atoms with Crippen molar-refractivity contribution in [3.05, 3.63) is 29.8 Å². The van der Waals surface area contributed by atoms with Gasteiger partial charge in [0, 0.05) is 42.7 Å². The number of anilines is 1. The van der Waals surface area contributed by atoms with E-state index in [9.17, 15) is 4.79 Å². The Kier molecular flexibility index (Phi) is 2.98. The summed E-state index contributed by atoms with van der Waals surface area (Å²) in [5, 5.41) is 0. The molecule has 0 radical (unpaired) electrons. The summed E-state index contributed by atoms with van der Waals surface area (Å²) < 4.78 is 0. The van der Waals surface area contributed by atoms with Gasteiger partial charge in [-0.25, -0.2) is 0 Å². The lowest BCUT2D eigenvalue weighted by molar-refractivity contribution is -0.133. The first-order valence-corrected chi connectivity index (χ1v) is 8.33. The number of piperidine rings is 1. The highest BCUT2D eigenvalue weighted by molar-refractivity contribution is 5.81. The number of benzene rings is 1. The third-order valence-corrected chi connectivity index (χ3v) is 5.34. The molecule has 2 fully saturated rings. The highest BCUT2D eigenvalue weighted by Crippen LogP contribution is 2.46. The van der Waals surface area contributed by atoms with Gasteiger partial charge in [-0.1, -0.05) is 18.2 Å². The molecule has 0 spiro atoms. The standard InChI is InChI=1S/C18H24N2O/c1-12(2)20-16-6-4-3-5-14(16)15-11-19(10-9-17(15)20)18(21)13-7-8-13/h3-6,12-13,15,17H,7-11H2,1-2H3/t15-,17-/m1/s1. The Morgan fingerprint density at radius 3 is 2.67 bits per heavy atom. The summed E-state index contributed by atoms with van der Waals surface area (Å²) in [4.78, 5) is 17.1. The molecule has 1 amide bonds. The second kappa shape index (κ2) is 4.75. The van der Waals surface area contributed by atoms with Crippen LogP contribution in [0.15, 0.2) is 24.3 Å². The predicted molar refractivity (Wildman–Crippen MR) is 84.5 cm³/mol. The van der Waals surface area contributed by atoms with Crippen molar-refractivity contribution in [2.75, 3.05) is 18.0 Å². The molecule has 21 heavy (non-hydrogen) atoms. The molecule has 0 unspecified atom stereocenters. The van der Waals surface area contributed by atoms with Crippen LogP contribution >= 0.6 is 0 Å². The minimum atomic E-state index is 0.347. The molecule has 112 valence electrons. The minimum absolute atomic E-state index is 0.347. The number of nitrogens with zero attached hydrogens (tertiary/aromatic N) is 2. The number of fused-ring (bicyclic) bond motifs is 3. The van der Waals surface area contributed by atoms with Crippen LogP contribution < -0.4 is 4.90 Å². The zero-order valence-electron chi connectivity index (χ0n) is 13.0. The van der Waals surface area contributed by atoms with Crippen molar-refractivity contribution >= 4 is 11.6 Å². The monoisotopic (exact) mass is 284 g/mol. The molecule has 2 heterocycles. The van der Waals surface area contributed by atoms with Crippen LogP contribution in [0.2, 0.25) is 0 Å². The molecular weight excluding hydrogens is 260 g/mol. The van der Waals surface area contributed by atoms with Crippen molar-refractivity contribution in [3.63, 3.8) is 0 Å². The van der Waals surface area contributed by atoms with E-state index in [-0.39, 0.29) is 0 Å². The summed E-state index contributed by atoms with van der Waals surface area (Å²) in [5.74, 6) is 1.26. The third-order valence-electron chi connectivity index (χ3n) is 5.34. The molecule has 3 heteroatoms. The van der Waals surface area contributed by atoms with Crippen LogP contribution in [0, 0.1) is 5.92 Å². The molecule has 1 aliphatic carbocycles. The van der Waals surface area contributed by atoms with Gasteiger partial charge in [-0.2, -0.15) is 0 Å². The van der Waals surface area contributed by atoms with Crippen LogP contribution in [0.4, 0.5) is 5.69 Å². The van der Waals surface area contributed by atoms with E-state index in [1.165, 1.54) is 11.3 Å². The number of para-hydroxylation sites is 1. The largest absolute Gasteiger partial charge is 0.365 e. The Labute approximate surface area is 126 Å². The number of amides is 1. The molecule has 1 saturated heterocycles. The van der Waals surface area contributed by atoms with Crippen LogP contribution in [0.5, 0.6) is 0 Å². The number of carbonyl (C=O) groups excluding carboxylic acids is 1. The maximum atomic E-state index is 12.4. The van der Waals surface area contributed by atoms with Gasteiger partial charge in [0.15, 0.2) is 0 Å². The van der Waals surface area contributed by atoms with Crippen LogP contribution in [0.1, 0.15) is 44.6 Å². The van der Waals surface area contributed by atoms with Crippen molar-refractivity contribution < 1.29 is 4.79 Å². The number of rotatable bonds is 2. The average molecular weight is 284 g/mol. The van der Waals surface area contributed by atoms with Crippen molar-refractivity contribution in [2.45, 2.75) is 51.1 Å². The van der Waals surface area contributed by atoms with E-state index in [1.54, 1.807) is 0 Å². The fourth-order valence-electron chi connectivity index (χ4n) is 4.24. The molecule has 1 saturated carbocycles. The first-order valence-electron chi connectivity index (χ1n) is 8.33. The molecule has 0 N–H and O–H groups in total. The highest BCUT2D eigenvalue weighted by Gasteiger charge is 2.45. The van der Waals surface area contributed by atoms with E-state index in [2.05, 4.69) is 47.9 Å². The normalized spacial score (nSPS) is 27.8. The van der Waals surface area contributed by atoms with Gasteiger partial charge in [0.1, 0.15) is 0 Å². The summed E-state index contributed by atoms with van der Waals surface area (Å²) in [6, 6.07) is 9.89. The van der Waals surface area contributed by atoms with Gasteiger partial charge in [-0.05, 0) is 44.7 Å². The predicted octanol–water partition coefficient (Wildman–Crippen LogP) is 3.01. The molecule has 0 aromatic heterocycles. The van der Waals surface area contributed by atoms with E-state index in [4.69, 9.17) is 0 Å². The number of likely N-dealkylation sites (tertiary alicyclic amines) is 1. The van der Waals surface area contributed by atoms with Crippen molar-refractivity contribution in [1.82, 2.24) is 4.90 Å². The van der Waals surface area contributed by atoms with Crippen molar-refractivity contribution in [2.24, 2.45) is 5.92 Å². The van der Waals surface area contributed by atoms with Crippen LogP contribution in [-0.2, 0) is 4.79 Å². The van der Waals surface area contributed by atoms with Crippen molar-refractivity contribution in [3.8, 4) is 0 Å². The van der Waals surface area contributed by atoms with Gasteiger partial charge < -0.3 is 9.80 Å². The van der Waals surface area contributed by atoms with Gasteiger partial charge >= 0.3 is 0 Å². The molecule has 0 bridgehead atoms. The van der Waals surface area contributed by atoms with E-state index >= 15 is 0 Å². The van der Waals surface area contributed by atoms with Gasteiger partial charge in [-0.15, -0.1) is 0 Å². The van der Waals surface area contributed by atoms with Crippen molar-refractivity contribution in [1.29, 1.82) is 0 Å². The summed E-state index contributed by atoms with van der Waals surface area (Å²) in [6.07, 6.45) is 3.33. The third kappa shape index (κ3) is 2.05. The zero-order chi connectivity index (χ0) is 14.6. The lowest BCUT2D eigenvalue weighted by atomic mass is 9.88. The smallest absolute Gasteiger partial charge is 0.225 e. The molecule has 1 aromatic rings. The number of carbonyl (C=O) groups is 1. The summed E-state index contributed by atoms with van der Waals surface area (Å²) in [5.41, 5.74) is 2.84. The van der Waals surface area contributed by atoms with E-state index in [1.807, 2.05) is 0 Å². The Morgan fingerprint density at radius 1 is 1.19 bits per heavy atom. The topological polar surface area (TPSA) is 23.6 Å². The fraction of sp³-hybridized carbons (Fsp3) is 0.611. The number of hydrogen-bond acceptors (Lipinski definition) is 2. The van der Waals surface area contributed by atoms with Gasteiger partial charge in [0.2, 0.25) is 5.91 Å². The Morgan fingerprint density at radius 2 is 1.95 bits per heavy atom. The lowest BCUT2D eigenvalue weighted by Crippen LogP contribution is -2.50. The summed E-state index contributed by atoms with van der Waals surface area (Å²) in [6.45, 7) is 6.41. The quantitative estimate of drug-likeness (QED) is 0.833. The molecule has 2 atom stereocenters. The molecule has 1 aromatic carbocycles. The van der Waals surface area contributed by atoms with Crippen LogP contribution in [-0.4, -0.2) is 36.0 Å². The van der Waals surface area contributed by atoms with Gasteiger partial charge in [-0.3, -0.25) is 4.79 Å². The van der Waals surface area contributed by atoms with E-state index in [0.717, 1.165) is 32.4 Å². The minimum Gasteiger partial charge on any atom is -0.365 e. The maximum Gasteiger partial charge on any atom is 0.225 e. The molecule has 2 aliphatic heterocycles. The Balaban J connectivity index is 1.64. The second-order valence-corrected chi connectivity index (χ2v) is 7.08. The van der Waals surface area contributed by atoms with E-state index < -0.39 is 0 Å². The van der Waals surface area contributed by atoms with Gasteiger partial charge in [0.05, 0.1) is 0 Å². The average Bonchev–Trinajstić information content (AvgIpc) is 3.27. The Bertz CT molecular complexity index is 564. The zero-order valence-corrected chi connectivity index (χ0v) is 13.0. The van der Waals surface area contributed by atoms with Crippen LogP contribution in [0.3, 0.4) is 0 Å². The highest BCUT2D eigenvalue weighted by atomic mass is 16.2. The summed E-state index contributed by atoms with van der Waals surface area (Å²) in [7, 11) is 0. The first-order chi connectivity index (χ1) is 10.2. The second-order valence-electron chi connectivity index (χ2n) is 7.08. The molecule has 3 nitrogen and oxygen atoms in total. The summed E-state index contributed by atoms with van der Waals surface area (Å²) >= 11 is 0. The molecule has 4 rings (SSSR count). The molecular formula is C18H24N2O. The van der Waals surface area contributed by atoms with Crippen LogP contribution in [0.25, 0.3) is 0 Å². The fourth-order valence-corrected chi connectivity index (χ4v) is 4.24.